The molecule has 1 N–H and O–H groups in total. The van der Waals surface area contributed by atoms with Crippen LogP contribution in [-0.2, 0) is 9.59 Å². The number of likely N-dealkylation sites (N-methyl/N-ethyl adjacent to an activating group) is 1. The topological polar surface area (TPSA) is 61.9 Å². The van der Waals surface area contributed by atoms with Crippen molar-refractivity contribution >= 4 is 17.5 Å². The van der Waals surface area contributed by atoms with Gasteiger partial charge in [0.25, 0.3) is 5.91 Å². The van der Waals surface area contributed by atoms with Gasteiger partial charge in [-0.05, 0) is 50.6 Å². The quantitative estimate of drug-likeness (QED) is 0.886. The molecule has 6 nitrogen and oxygen atoms in total. The van der Waals surface area contributed by atoms with Crippen molar-refractivity contribution in [2.45, 2.75) is 31.7 Å². The van der Waals surface area contributed by atoms with Crippen LogP contribution >= 0.6 is 0 Å². The fourth-order valence-corrected chi connectivity index (χ4v) is 3.32. The number of piperidine rings is 1. The zero-order chi connectivity index (χ0) is 16.9. The van der Waals surface area contributed by atoms with Crippen molar-refractivity contribution < 1.29 is 14.3 Å². The SMILES string of the molecule is CNC1CCCN(C(=O)COc2ccc(N3CCCC3=O)cc2)C1. The number of benzene rings is 1. The predicted molar refractivity (Wildman–Crippen MR) is 92.2 cm³/mol. The van der Waals surface area contributed by atoms with Crippen molar-refractivity contribution in [1.82, 2.24) is 10.2 Å². The molecule has 2 heterocycles. The Bertz CT molecular complexity index is 588. The highest BCUT2D eigenvalue weighted by molar-refractivity contribution is 5.95. The number of nitrogens with zero attached hydrogens (tertiary/aromatic N) is 2. The minimum atomic E-state index is 0.0220. The van der Waals surface area contributed by atoms with Gasteiger partial charge in [-0.1, -0.05) is 0 Å². The highest BCUT2D eigenvalue weighted by Gasteiger charge is 2.23. The smallest absolute Gasteiger partial charge is 0.260 e. The number of ether oxygens (including phenoxy) is 1. The van der Waals surface area contributed by atoms with Gasteiger partial charge in [-0.3, -0.25) is 9.59 Å². The lowest BCUT2D eigenvalue weighted by atomic mass is 10.1. The van der Waals surface area contributed by atoms with E-state index < -0.39 is 0 Å². The van der Waals surface area contributed by atoms with Gasteiger partial charge in [-0.25, -0.2) is 0 Å². The number of likely N-dealkylation sites (tertiary alicyclic amines) is 1. The summed E-state index contributed by atoms with van der Waals surface area (Å²) in [5.41, 5.74) is 0.893. The largest absolute Gasteiger partial charge is 0.484 e. The molecule has 2 fully saturated rings. The zero-order valence-electron chi connectivity index (χ0n) is 14.2. The van der Waals surface area contributed by atoms with Crippen LogP contribution in [0.4, 0.5) is 5.69 Å². The molecular formula is C18H25N3O3. The molecule has 1 aromatic rings. The molecule has 0 radical (unpaired) electrons. The summed E-state index contributed by atoms with van der Waals surface area (Å²) in [4.78, 5) is 27.7. The summed E-state index contributed by atoms with van der Waals surface area (Å²) in [5, 5.41) is 3.23. The molecule has 130 valence electrons. The van der Waals surface area contributed by atoms with Gasteiger partial charge in [0.2, 0.25) is 5.91 Å². The van der Waals surface area contributed by atoms with E-state index in [9.17, 15) is 9.59 Å². The van der Waals surface area contributed by atoms with E-state index in [1.807, 2.05) is 36.2 Å². The number of hydrogen-bond donors (Lipinski definition) is 1. The molecule has 24 heavy (non-hydrogen) atoms. The van der Waals surface area contributed by atoms with Gasteiger partial charge in [0.15, 0.2) is 6.61 Å². The molecule has 2 amide bonds. The first kappa shape index (κ1) is 16.8. The van der Waals surface area contributed by atoms with Crippen LogP contribution in [0.2, 0.25) is 0 Å². The first-order valence-corrected chi connectivity index (χ1v) is 8.65. The highest BCUT2D eigenvalue weighted by Crippen LogP contribution is 2.24. The van der Waals surface area contributed by atoms with Gasteiger partial charge < -0.3 is 19.9 Å². The molecule has 6 heteroatoms. The third kappa shape index (κ3) is 3.87. The summed E-state index contributed by atoms with van der Waals surface area (Å²) in [6, 6.07) is 7.77. The minimum Gasteiger partial charge on any atom is -0.484 e. The molecule has 0 aromatic heterocycles. The minimum absolute atomic E-state index is 0.0220. The van der Waals surface area contributed by atoms with Crippen molar-refractivity contribution in [1.29, 1.82) is 0 Å². The molecule has 0 saturated carbocycles. The van der Waals surface area contributed by atoms with Crippen LogP contribution in [0.25, 0.3) is 0 Å². The Morgan fingerprint density at radius 3 is 2.71 bits per heavy atom. The number of carbonyl (C=O) groups is 2. The van der Waals surface area contributed by atoms with Gasteiger partial charge >= 0.3 is 0 Å². The number of hydrogen-bond acceptors (Lipinski definition) is 4. The lowest BCUT2D eigenvalue weighted by Crippen LogP contribution is -2.48. The van der Waals surface area contributed by atoms with Crippen LogP contribution in [0.5, 0.6) is 5.75 Å². The maximum atomic E-state index is 12.3. The third-order valence-electron chi connectivity index (χ3n) is 4.77. The second-order valence-electron chi connectivity index (χ2n) is 6.40. The zero-order valence-corrected chi connectivity index (χ0v) is 14.2. The number of anilines is 1. The maximum absolute atomic E-state index is 12.3. The van der Waals surface area contributed by atoms with E-state index in [1.54, 1.807) is 4.90 Å². The summed E-state index contributed by atoms with van der Waals surface area (Å²) in [6.07, 6.45) is 3.67. The second kappa shape index (κ2) is 7.66. The Balaban J connectivity index is 1.51. The van der Waals surface area contributed by atoms with Crippen molar-refractivity contribution in [3.63, 3.8) is 0 Å². The maximum Gasteiger partial charge on any atom is 0.260 e. The lowest BCUT2D eigenvalue weighted by molar-refractivity contribution is -0.134. The van der Waals surface area contributed by atoms with Crippen LogP contribution in [0.1, 0.15) is 25.7 Å². The number of amides is 2. The van der Waals surface area contributed by atoms with E-state index in [0.29, 0.717) is 18.2 Å². The van der Waals surface area contributed by atoms with Crippen LogP contribution in [-0.4, -0.2) is 56.0 Å². The van der Waals surface area contributed by atoms with Gasteiger partial charge in [-0.2, -0.15) is 0 Å². The van der Waals surface area contributed by atoms with Crippen molar-refractivity contribution in [3.05, 3.63) is 24.3 Å². The molecule has 1 unspecified atom stereocenters. The lowest BCUT2D eigenvalue weighted by Gasteiger charge is -2.32. The fraction of sp³-hybridized carbons (Fsp3) is 0.556. The molecule has 2 saturated heterocycles. The highest BCUT2D eigenvalue weighted by atomic mass is 16.5. The average molecular weight is 331 g/mol. The van der Waals surface area contributed by atoms with Gasteiger partial charge in [0.05, 0.1) is 0 Å². The molecule has 1 aromatic carbocycles. The average Bonchev–Trinajstić information content (AvgIpc) is 3.06. The normalized spacial score (nSPS) is 21.2. The van der Waals surface area contributed by atoms with Crippen LogP contribution < -0.4 is 15.0 Å². The first-order chi connectivity index (χ1) is 11.7. The Morgan fingerprint density at radius 2 is 2.04 bits per heavy atom. The Morgan fingerprint density at radius 1 is 1.25 bits per heavy atom. The summed E-state index contributed by atoms with van der Waals surface area (Å²) in [7, 11) is 1.93. The van der Waals surface area contributed by atoms with Gasteiger partial charge in [0.1, 0.15) is 5.75 Å². The molecule has 0 spiro atoms. The molecule has 2 aliphatic heterocycles. The molecule has 0 aliphatic carbocycles. The summed E-state index contributed by atoms with van der Waals surface area (Å²) in [5.74, 6) is 0.845. The van der Waals surface area contributed by atoms with Crippen LogP contribution in [0.3, 0.4) is 0 Å². The fourth-order valence-electron chi connectivity index (χ4n) is 3.32. The second-order valence-corrected chi connectivity index (χ2v) is 6.40. The molecular weight excluding hydrogens is 306 g/mol. The van der Waals surface area contributed by atoms with Crippen molar-refractivity contribution in [3.8, 4) is 5.75 Å². The number of rotatable bonds is 5. The summed E-state index contributed by atoms with van der Waals surface area (Å²) in [6.45, 7) is 2.38. The third-order valence-corrected chi connectivity index (χ3v) is 4.77. The van der Waals surface area contributed by atoms with Gasteiger partial charge in [-0.15, -0.1) is 0 Å². The summed E-state index contributed by atoms with van der Waals surface area (Å²) < 4.78 is 5.62. The monoisotopic (exact) mass is 331 g/mol. The van der Waals surface area contributed by atoms with Crippen molar-refractivity contribution in [2.75, 3.05) is 38.2 Å². The van der Waals surface area contributed by atoms with E-state index in [-0.39, 0.29) is 18.4 Å². The Hall–Kier alpha value is -2.08. The Labute approximate surface area is 142 Å². The molecule has 0 bridgehead atoms. The number of nitrogens with one attached hydrogen (secondary N) is 1. The van der Waals surface area contributed by atoms with Crippen LogP contribution in [0.15, 0.2) is 24.3 Å². The Kier molecular flexibility index (Phi) is 5.35. The van der Waals surface area contributed by atoms with E-state index in [2.05, 4.69) is 5.32 Å². The first-order valence-electron chi connectivity index (χ1n) is 8.65. The number of carbonyl (C=O) groups excluding carboxylic acids is 2. The van der Waals surface area contributed by atoms with Crippen molar-refractivity contribution in [2.24, 2.45) is 0 Å². The predicted octanol–water partition coefficient (Wildman–Crippen LogP) is 1.40. The van der Waals surface area contributed by atoms with E-state index >= 15 is 0 Å². The van der Waals surface area contributed by atoms with E-state index in [1.165, 1.54) is 0 Å². The summed E-state index contributed by atoms with van der Waals surface area (Å²) >= 11 is 0. The van der Waals surface area contributed by atoms with E-state index in [4.69, 9.17) is 4.74 Å². The van der Waals surface area contributed by atoms with Crippen LogP contribution in [0, 0.1) is 0 Å². The molecule has 2 aliphatic rings. The molecule has 3 rings (SSSR count). The van der Waals surface area contributed by atoms with E-state index in [0.717, 1.165) is 44.6 Å². The molecule has 1 atom stereocenters. The standard InChI is InChI=1S/C18H25N3O3/c1-19-14-4-2-10-20(12-14)18(23)13-24-16-8-6-15(7-9-16)21-11-3-5-17(21)22/h6-9,14,19H,2-5,10-13H2,1H3. The van der Waals surface area contributed by atoms with Gasteiger partial charge in [0, 0.05) is 37.8 Å².